The Morgan fingerprint density at radius 1 is 1.26 bits per heavy atom. The van der Waals surface area contributed by atoms with E-state index >= 15 is 0 Å². The Morgan fingerprint density at radius 2 is 1.87 bits per heavy atom. The van der Waals surface area contributed by atoms with E-state index in [9.17, 15) is 9.18 Å². The van der Waals surface area contributed by atoms with Crippen LogP contribution in [0.15, 0.2) is 48.5 Å². The molecule has 4 N–H and O–H groups in total. The monoisotopic (exact) mass is 337 g/mol. The minimum absolute atomic E-state index is 0.187. The van der Waals surface area contributed by atoms with Crippen LogP contribution in [0.25, 0.3) is 0 Å². The van der Waals surface area contributed by atoms with Crippen molar-refractivity contribution in [2.24, 2.45) is 5.73 Å². The Kier molecular flexibility index (Phi) is 5.71. The normalized spacial score (nSPS) is 20.2. The summed E-state index contributed by atoms with van der Waals surface area (Å²) in [4.78, 5) is 10.2. The standard InChI is InChI=1S/C9H9ClFN.C8H8O3/c10-7-3-5(1-2-8(7)11)6-4-9(6)12;9-7(8(10)11)6-4-2-1-3-5-6/h1-3,6,9H,4,12H2;1-5,7,9H,(H,10,11)/t;7-/m.1/s1. The van der Waals surface area contributed by atoms with Crippen LogP contribution in [0.2, 0.25) is 5.02 Å². The van der Waals surface area contributed by atoms with E-state index < -0.39 is 12.1 Å². The smallest absolute Gasteiger partial charge is 0.337 e. The van der Waals surface area contributed by atoms with E-state index in [2.05, 4.69) is 0 Å². The highest BCUT2D eigenvalue weighted by Crippen LogP contribution is 2.39. The van der Waals surface area contributed by atoms with Gasteiger partial charge in [0.15, 0.2) is 6.10 Å². The molecule has 122 valence electrons. The second kappa shape index (κ2) is 7.55. The first kappa shape index (κ1) is 17.4. The van der Waals surface area contributed by atoms with Crippen LogP contribution < -0.4 is 5.73 Å². The zero-order chi connectivity index (χ0) is 17.0. The number of aliphatic carboxylic acids is 1. The molecule has 2 aromatic rings. The summed E-state index contributed by atoms with van der Waals surface area (Å²) in [5, 5.41) is 17.6. The average molecular weight is 338 g/mol. The van der Waals surface area contributed by atoms with Gasteiger partial charge in [-0.3, -0.25) is 0 Å². The number of hydrogen-bond acceptors (Lipinski definition) is 3. The van der Waals surface area contributed by atoms with Gasteiger partial charge in [0.05, 0.1) is 5.02 Å². The zero-order valence-corrected chi connectivity index (χ0v) is 12.9. The lowest BCUT2D eigenvalue weighted by Gasteiger charge is -2.03. The third-order valence-corrected chi connectivity index (χ3v) is 3.85. The first-order valence-electron chi connectivity index (χ1n) is 7.06. The maximum Gasteiger partial charge on any atom is 0.337 e. The van der Waals surface area contributed by atoms with Crippen LogP contribution in [-0.2, 0) is 4.79 Å². The first-order valence-corrected chi connectivity index (χ1v) is 7.44. The molecule has 3 rings (SSSR count). The molecular weight excluding hydrogens is 321 g/mol. The topological polar surface area (TPSA) is 83.6 Å². The molecule has 0 saturated heterocycles. The van der Waals surface area contributed by atoms with Gasteiger partial charge < -0.3 is 15.9 Å². The average Bonchev–Trinajstić information content (AvgIpc) is 3.27. The van der Waals surface area contributed by atoms with Crippen molar-refractivity contribution in [2.75, 3.05) is 0 Å². The summed E-state index contributed by atoms with van der Waals surface area (Å²) >= 11 is 5.62. The maximum atomic E-state index is 12.7. The van der Waals surface area contributed by atoms with Crippen molar-refractivity contribution in [1.29, 1.82) is 0 Å². The van der Waals surface area contributed by atoms with Gasteiger partial charge in [0.2, 0.25) is 0 Å². The fourth-order valence-corrected chi connectivity index (χ4v) is 2.31. The second-order valence-corrected chi connectivity index (χ2v) is 5.74. The highest BCUT2D eigenvalue weighted by molar-refractivity contribution is 6.30. The lowest BCUT2D eigenvalue weighted by molar-refractivity contribution is -0.146. The summed E-state index contributed by atoms with van der Waals surface area (Å²) in [6.07, 6.45) is -0.418. The lowest BCUT2D eigenvalue weighted by Crippen LogP contribution is -2.09. The highest BCUT2D eigenvalue weighted by atomic mass is 35.5. The Hall–Kier alpha value is -1.95. The molecule has 3 atom stereocenters. The number of nitrogens with two attached hydrogens (primary N) is 1. The summed E-state index contributed by atoms with van der Waals surface area (Å²) in [7, 11) is 0. The minimum Gasteiger partial charge on any atom is -0.479 e. The molecule has 0 amide bonds. The number of rotatable bonds is 3. The summed E-state index contributed by atoms with van der Waals surface area (Å²) in [6, 6.07) is 13.3. The minimum atomic E-state index is -1.41. The second-order valence-electron chi connectivity index (χ2n) is 5.33. The van der Waals surface area contributed by atoms with Gasteiger partial charge in [0, 0.05) is 12.0 Å². The molecule has 0 aromatic heterocycles. The van der Waals surface area contributed by atoms with E-state index in [-0.39, 0.29) is 16.9 Å². The van der Waals surface area contributed by atoms with Gasteiger partial charge in [-0.1, -0.05) is 48.0 Å². The third kappa shape index (κ3) is 4.76. The van der Waals surface area contributed by atoms with Crippen LogP contribution in [0, 0.1) is 5.82 Å². The summed E-state index contributed by atoms with van der Waals surface area (Å²) in [5.74, 6) is -1.20. The molecule has 23 heavy (non-hydrogen) atoms. The molecule has 6 heteroatoms. The van der Waals surface area contributed by atoms with Crippen molar-refractivity contribution in [1.82, 2.24) is 0 Å². The van der Waals surface area contributed by atoms with Crippen molar-refractivity contribution >= 4 is 17.6 Å². The molecule has 4 nitrogen and oxygen atoms in total. The van der Waals surface area contributed by atoms with E-state index in [1.54, 1.807) is 42.5 Å². The predicted molar refractivity (Wildman–Crippen MR) is 85.8 cm³/mol. The van der Waals surface area contributed by atoms with Gasteiger partial charge in [-0.25, -0.2) is 9.18 Å². The van der Waals surface area contributed by atoms with Crippen molar-refractivity contribution in [3.63, 3.8) is 0 Å². The van der Waals surface area contributed by atoms with Gasteiger partial charge in [0.1, 0.15) is 5.82 Å². The lowest BCUT2D eigenvalue weighted by atomic mass is 10.1. The number of benzene rings is 2. The Morgan fingerprint density at radius 3 is 2.35 bits per heavy atom. The molecular formula is C17H17ClFNO3. The van der Waals surface area contributed by atoms with E-state index in [1.165, 1.54) is 6.07 Å². The number of aliphatic hydroxyl groups excluding tert-OH is 1. The summed E-state index contributed by atoms with van der Waals surface area (Å²) < 4.78 is 12.7. The van der Waals surface area contributed by atoms with Crippen LogP contribution >= 0.6 is 11.6 Å². The number of aliphatic hydroxyl groups is 1. The van der Waals surface area contributed by atoms with Crippen LogP contribution in [-0.4, -0.2) is 22.2 Å². The number of carboxylic acid groups (broad SMARTS) is 1. The van der Waals surface area contributed by atoms with Crippen molar-refractivity contribution < 1.29 is 19.4 Å². The van der Waals surface area contributed by atoms with Crippen molar-refractivity contribution in [3.05, 3.63) is 70.5 Å². The Labute approximate surface area is 138 Å². The highest BCUT2D eigenvalue weighted by Gasteiger charge is 2.34. The molecule has 1 fully saturated rings. The SMILES string of the molecule is NC1CC1c1ccc(F)c(Cl)c1.O=C(O)[C@H](O)c1ccccc1. The molecule has 2 unspecified atom stereocenters. The molecule has 2 aromatic carbocycles. The molecule has 0 radical (unpaired) electrons. The maximum absolute atomic E-state index is 12.7. The number of carbonyl (C=O) groups is 1. The van der Waals surface area contributed by atoms with Crippen molar-refractivity contribution in [2.45, 2.75) is 24.5 Å². The van der Waals surface area contributed by atoms with Gasteiger partial charge in [-0.2, -0.15) is 0 Å². The van der Waals surface area contributed by atoms with E-state index in [1.807, 2.05) is 0 Å². The zero-order valence-electron chi connectivity index (χ0n) is 12.2. The molecule has 1 aliphatic carbocycles. The van der Waals surface area contributed by atoms with Crippen LogP contribution in [0.5, 0.6) is 0 Å². The van der Waals surface area contributed by atoms with E-state index in [0.717, 1.165) is 12.0 Å². The third-order valence-electron chi connectivity index (χ3n) is 3.56. The van der Waals surface area contributed by atoms with Gasteiger partial charge in [-0.15, -0.1) is 0 Å². The quantitative estimate of drug-likeness (QED) is 0.803. The fraction of sp³-hybridized carbons (Fsp3) is 0.235. The van der Waals surface area contributed by atoms with E-state index in [0.29, 0.717) is 11.5 Å². The number of halogens is 2. The van der Waals surface area contributed by atoms with Gasteiger partial charge in [-0.05, 0) is 29.7 Å². The predicted octanol–water partition coefficient (Wildman–Crippen LogP) is 3.10. The molecule has 0 bridgehead atoms. The fourth-order valence-electron chi connectivity index (χ4n) is 2.12. The summed E-state index contributed by atoms with van der Waals surface area (Å²) in [6.45, 7) is 0. The van der Waals surface area contributed by atoms with Gasteiger partial charge in [0.25, 0.3) is 0 Å². The van der Waals surface area contributed by atoms with Crippen LogP contribution in [0.3, 0.4) is 0 Å². The molecule has 1 aliphatic rings. The molecule has 0 heterocycles. The van der Waals surface area contributed by atoms with Gasteiger partial charge >= 0.3 is 5.97 Å². The molecule has 0 aliphatic heterocycles. The first-order chi connectivity index (χ1) is 10.9. The van der Waals surface area contributed by atoms with Crippen LogP contribution in [0.1, 0.15) is 29.6 Å². The van der Waals surface area contributed by atoms with Crippen molar-refractivity contribution in [3.8, 4) is 0 Å². The van der Waals surface area contributed by atoms with E-state index in [4.69, 9.17) is 27.5 Å². The molecule has 1 saturated carbocycles. The largest absolute Gasteiger partial charge is 0.479 e. The summed E-state index contributed by atoms with van der Waals surface area (Å²) in [5.41, 5.74) is 7.10. The van der Waals surface area contributed by atoms with Crippen LogP contribution in [0.4, 0.5) is 4.39 Å². The number of hydrogen-bond donors (Lipinski definition) is 3. The molecule has 0 spiro atoms. The Balaban J connectivity index is 0.000000168. The Bertz CT molecular complexity index is 681. The number of carboxylic acids is 1.